The maximum absolute atomic E-state index is 12.2. The van der Waals surface area contributed by atoms with E-state index in [1.807, 2.05) is 12.1 Å². The average Bonchev–Trinajstić information content (AvgIpc) is 3.23. The van der Waals surface area contributed by atoms with E-state index in [1.54, 1.807) is 23.5 Å². The highest BCUT2D eigenvalue weighted by Gasteiger charge is 2.33. The van der Waals surface area contributed by atoms with Crippen LogP contribution in [0.3, 0.4) is 0 Å². The van der Waals surface area contributed by atoms with Crippen LogP contribution in [0.15, 0.2) is 35.7 Å². The average molecular weight is 346 g/mol. The van der Waals surface area contributed by atoms with Gasteiger partial charge in [-0.2, -0.15) is 10.3 Å². The van der Waals surface area contributed by atoms with Gasteiger partial charge in [-0.3, -0.25) is 14.6 Å². The number of aromatic nitrogens is 4. The van der Waals surface area contributed by atoms with Gasteiger partial charge in [0.2, 0.25) is 11.8 Å². The molecule has 24 heavy (non-hydrogen) atoms. The third kappa shape index (κ3) is 4.31. The smallest absolute Gasteiger partial charge is 0.225 e. The lowest BCUT2D eigenvalue weighted by Crippen LogP contribution is -2.34. The Hall–Kier alpha value is -2.42. The molecule has 0 aliphatic carbocycles. The quantitative estimate of drug-likeness (QED) is 0.557. The van der Waals surface area contributed by atoms with Gasteiger partial charge in [-0.05, 0) is 11.6 Å². The number of aromatic amines is 1. The van der Waals surface area contributed by atoms with Crippen molar-refractivity contribution in [1.29, 1.82) is 0 Å². The SMILES string of the molecule is O=C(NCCSc1cn[nH]n1)[C@H]1CC(=O)N(Cc2cccnc2)C1. The van der Waals surface area contributed by atoms with Crippen molar-refractivity contribution in [3.8, 4) is 0 Å². The molecule has 0 unspecified atom stereocenters. The summed E-state index contributed by atoms with van der Waals surface area (Å²) in [5, 5.41) is 13.9. The molecule has 2 amide bonds. The van der Waals surface area contributed by atoms with E-state index in [0.717, 1.165) is 10.6 Å². The zero-order valence-electron chi connectivity index (χ0n) is 13.0. The van der Waals surface area contributed by atoms with Gasteiger partial charge in [-0.1, -0.05) is 6.07 Å². The van der Waals surface area contributed by atoms with E-state index in [2.05, 4.69) is 25.7 Å². The number of hydrogen-bond donors (Lipinski definition) is 2. The second-order valence-corrected chi connectivity index (χ2v) is 6.60. The molecular weight excluding hydrogens is 328 g/mol. The summed E-state index contributed by atoms with van der Waals surface area (Å²) in [4.78, 5) is 30.0. The molecule has 1 aliphatic rings. The number of pyridine rings is 1. The number of nitrogens with one attached hydrogen (secondary N) is 2. The third-order valence-corrected chi connectivity index (χ3v) is 4.63. The second kappa shape index (κ2) is 7.91. The lowest BCUT2D eigenvalue weighted by atomic mass is 10.1. The maximum Gasteiger partial charge on any atom is 0.225 e. The van der Waals surface area contributed by atoms with Gasteiger partial charge in [0.25, 0.3) is 0 Å². The third-order valence-electron chi connectivity index (χ3n) is 3.73. The number of hydrogen-bond acceptors (Lipinski definition) is 6. The first-order valence-electron chi connectivity index (χ1n) is 7.65. The topological polar surface area (TPSA) is 104 Å². The van der Waals surface area contributed by atoms with Crippen molar-refractivity contribution in [2.75, 3.05) is 18.8 Å². The normalized spacial score (nSPS) is 17.2. The second-order valence-electron chi connectivity index (χ2n) is 5.48. The van der Waals surface area contributed by atoms with Gasteiger partial charge in [0, 0.05) is 44.2 Å². The predicted molar refractivity (Wildman–Crippen MR) is 87.9 cm³/mol. The summed E-state index contributed by atoms with van der Waals surface area (Å²) >= 11 is 1.51. The highest BCUT2D eigenvalue weighted by Crippen LogP contribution is 2.20. The first kappa shape index (κ1) is 16.4. The Morgan fingerprint density at radius 3 is 3.12 bits per heavy atom. The van der Waals surface area contributed by atoms with Crippen molar-refractivity contribution in [2.24, 2.45) is 5.92 Å². The molecule has 1 saturated heterocycles. The highest BCUT2D eigenvalue weighted by molar-refractivity contribution is 7.99. The molecule has 2 N–H and O–H groups in total. The molecule has 126 valence electrons. The number of likely N-dealkylation sites (tertiary alicyclic amines) is 1. The van der Waals surface area contributed by atoms with E-state index < -0.39 is 0 Å². The van der Waals surface area contributed by atoms with Crippen LogP contribution in [0.4, 0.5) is 0 Å². The van der Waals surface area contributed by atoms with Crippen LogP contribution in [0.1, 0.15) is 12.0 Å². The molecule has 3 heterocycles. The van der Waals surface area contributed by atoms with Gasteiger partial charge < -0.3 is 10.2 Å². The molecule has 3 rings (SSSR count). The zero-order valence-corrected chi connectivity index (χ0v) is 13.8. The number of H-pyrrole nitrogens is 1. The minimum atomic E-state index is -0.286. The van der Waals surface area contributed by atoms with Crippen LogP contribution >= 0.6 is 11.8 Å². The van der Waals surface area contributed by atoms with Crippen LogP contribution in [0, 0.1) is 5.92 Å². The van der Waals surface area contributed by atoms with Gasteiger partial charge in [0.05, 0.1) is 12.1 Å². The Kier molecular flexibility index (Phi) is 5.42. The van der Waals surface area contributed by atoms with E-state index >= 15 is 0 Å². The molecule has 0 radical (unpaired) electrons. The Morgan fingerprint density at radius 1 is 1.46 bits per heavy atom. The van der Waals surface area contributed by atoms with Gasteiger partial charge in [-0.15, -0.1) is 16.9 Å². The minimum absolute atomic E-state index is 0.0102. The van der Waals surface area contributed by atoms with Gasteiger partial charge in [0.1, 0.15) is 5.03 Å². The van der Waals surface area contributed by atoms with E-state index in [-0.39, 0.29) is 24.2 Å². The summed E-state index contributed by atoms with van der Waals surface area (Å²) in [6.07, 6.45) is 5.34. The lowest BCUT2D eigenvalue weighted by Gasteiger charge is -2.16. The summed E-state index contributed by atoms with van der Waals surface area (Å²) in [5.41, 5.74) is 0.968. The van der Waals surface area contributed by atoms with E-state index in [1.165, 1.54) is 11.8 Å². The lowest BCUT2D eigenvalue weighted by molar-refractivity contribution is -0.129. The van der Waals surface area contributed by atoms with Crippen LogP contribution in [-0.2, 0) is 16.1 Å². The first-order valence-corrected chi connectivity index (χ1v) is 8.64. The van der Waals surface area contributed by atoms with Crippen LogP contribution < -0.4 is 5.32 Å². The van der Waals surface area contributed by atoms with Gasteiger partial charge >= 0.3 is 0 Å². The van der Waals surface area contributed by atoms with Crippen molar-refractivity contribution in [2.45, 2.75) is 18.0 Å². The summed E-state index contributed by atoms with van der Waals surface area (Å²) in [6, 6.07) is 3.77. The molecule has 0 saturated carbocycles. The molecule has 8 nitrogen and oxygen atoms in total. The Bertz CT molecular complexity index is 679. The van der Waals surface area contributed by atoms with Crippen LogP contribution in [0.5, 0.6) is 0 Å². The largest absolute Gasteiger partial charge is 0.355 e. The van der Waals surface area contributed by atoms with E-state index in [9.17, 15) is 9.59 Å². The number of nitrogens with zero attached hydrogens (tertiary/aromatic N) is 4. The van der Waals surface area contributed by atoms with Crippen molar-refractivity contribution < 1.29 is 9.59 Å². The van der Waals surface area contributed by atoms with E-state index in [4.69, 9.17) is 0 Å². The fourth-order valence-electron chi connectivity index (χ4n) is 2.55. The molecule has 1 aliphatic heterocycles. The van der Waals surface area contributed by atoms with Gasteiger partial charge in [-0.25, -0.2) is 0 Å². The number of carbonyl (C=O) groups excluding carboxylic acids is 2. The Labute approximate surface area is 143 Å². The molecule has 9 heteroatoms. The monoisotopic (exact) mass is 346 g/mol. The van der Waals surface area contributed by atoms with E-state index in [0.29, 0.717) is 25.4 Å². The molecule has 0 bridgehead atoms. The summed E-state index contributed by atoms with van der Waals surface area (Å²) in [6.45, 7) is 1.48. The highest BCUT2D eigenvalue weighted by atomic mass is 32.2. The molecule has 2 aromatic rings. The Balaban J connectivity index is 1.42. The Morgan fingerprint density at radius 2 is 2.38 bits per heavy atom. The molecule has 1 atom stereocenters. The zero-order chi connectivity index (χ0) is 16.8. The number of thioether (sulfide) groups is 1. The standard InChI is InChI=1S/C15H18N6O2S/c22-14-6-12(10-21(14)9-11-2-1-3-16-7-11)15(23)17-4-5-24-13-8-18-20-19-13/h1-3,7-8,12H,4-6,9-10H2,(H,17,23)(H,18,19,20)/t12-/m0/s1. The van der Waals surface area contributed by atoms with Crippen LogP contribution in [0.2, 0.25) is 0 Å². The van der Waals surface area contributed by atoms with Crippen molar-refractivity contribution >= 4 is 23.6 Å². The molecule has 2 aromatic heterocycles. The fraction of sp³-hybridized carbons (Fsp3) is 0.400. The summed E-state index contributed by atoms with van der Waals surface area (Å²) in [5.74, 6) is 0.359. The molecule has 1 fully saturated rings. The molecule has 0 aromatic carbocycles. The van der Waals surface area contributed by atoms with Gasteiger partial charge in [0.15, 0.2) is 0 Å². The van der Waals surface area contributed by atoms with Crippen molar-refractivity contribution in [3.05, 3.63) is 36.3 Å². The number of carbonyl (C=O) groups is 2. The number of amides is 2. The van der Waals surface area contributed by atoms with Crippen LogP contribution in [0.25, 0.3) is 0 Å². The predicted octanol–water partition coefficient (Wildman–Crippen LogP) is 0.457. The first-order chi connectivity index (χ1) is 11.7. The maximum atomic E-state index is 12.2. The van der Waals surface area contributed by atoms with Crippen LogP contribution in [-0.4, -0.2) is 56.0 Å². The fourth-order valence-corrected chi connectivity index (χ4v) is 3.19. The molecular formula is C15H18N6O2S. The van der Waals surface area contributed by atoms with Crippen molar-refractivity contribution in [1.82, 2.24) is 30.6 Å². The minimum Gasteiger partial charge on any atom is -0.355 e. The van der Waals surface area contributed by atoms with Crippen molar-refractivity contribution in [3.63, 3.8) is 0 Å². The summed E-state index contributed by atoms with van der Waals surface area (Å²) in [7, 11) is 0. The summed E-state index contributed by atoms with van der Waals surface area (Å²) < 4.78 is 0. The number of rotatable bonds is 7. The molecule has 0 spiro atoms.